The minimum Gasteiger partial charge on any atom is -0.411 e. The minimum atomic E-state index is -0.649. The van der Waals surface area contributed by atoms with E-state index in [2.05, 4.69) is 5.16 Å². The highest BCUT2D eigenvalue weighted by atomic mass is 16.7. The third-order valence-corrected chi connectivity index (χ3v) is 1.73. The lowest BCUT2D eigenvalue weighted by Crippen LogP contribution is -2.35. The van der Waals surface area contributed by atoms with Crippen LogP contribution in [0.3, 0.4) is 0 Å². The van der Waals surface area contributed by atoms with E-state index in [9.17, 15) is 0 Å². The van der Waals surface area contributed by atoms with Crippen LogP contribution < -0.4 is 5.73 Å². The Morgan fingerprint density at radius 1 is 1.58 bits per heavy atom. The van der Waals surface area contributed by atoms with Crippen LogP contribution in [0.25, 0.3) is 0 Å². The molecule has 5 heteroatoms. The summed E-state index contributed by atoms with van der Waals surface area (Å²) in [6.07, 6.45) is 0. The molecule has 12 heavy (non-hydrogen) atoms. The van der Waals surface area contributed by atoms with Crippen LogP contribution in [0.1, 0.15) is 13.8 Å². The molecule has 0 aromatic heterocycles. The van der Waals surface area contributed by atoms with Crippen LogP contribution in [0, 0.1) is 0 Å². The molecule has 0 spiro atoms. The molecule has 1 unspecified atom stereocenters. The van der Waals surface area contributed by atoms with Gasteiger partial charge in [-0.15, -0.1) is 0 Å². The van der Waals surface area contributed by atoms with E-state index in [0.717, 1.165) is 0 Å². The fourth-order valence-corrected chi connectivity index (χ4v) is 0.886. The van der Waals surface area contributed by atoms with E-state index < -0.39 is 5.79 Å². The predicted octanol–water partition coefficient (Wildman–Crippen LogP) is -0.0732. The molecule has 1 aliphatic heterocycles. The molecule has 0 bridgehead atoms. The van der Waals surface area contributed by atoms with Gasteiger partial charge in [0.1, 0.15) is 5.71 Å². The van der Waals surface area contributed by atoms with E-state index in [1.807, 2.05) is 0 Å². The van der Waals surface area contributed by atoms with Gasteiger partial charge < -0.3 is 20.4 Å². The molecule has 0 aliphatic carbocycles. The first-order valence-electron chi connectivity index (χ1n) is 3.79. The molecule has 70 valence electrons. The maximum Gasteiger partial charge on any atom is 0.163 e. The second-order valence-corrected chi connectivity index (χ2v) is 3.20. The average molecular weight is 174 g/mol. The van der Waals surface area contributed by atoms with Gasteiger partial charge in [-0.05, 0) is 13.8 Å². The zero-order valence-corrected chi connectivity index (χ0v) is 7.28. The van der Waals surface area contributed by atoms with Crippen LogP contribution in [0.2, 0.25) is 0 Å². The Morgan fingerprint density at radius 3 is 2.83 bits per heavy atom. The molecule has 3 N–H and O–H groups in total. The van der Waals surface area contributed by atoms with Crippen molar-refractivity contribution >= 4 is 5.71 Å². The molecular formula is C7H14N2O3. The average Bonchev–Trinajstić information content (AvgIpc) is 2.13. The van der Waals surface area contributed by atoms with Gasteiger partial charge in [-0.1, -0.05) is 5.16 Å². The van der Waals surface area contributed by atoms with E-state index in [4.69, 9.17) is 20.4 Å². The smallest absolute Gasteiger partial charge is 0.163 e. The lowest BCUT2D eigenvalue weighted by Gasteiger charge is -2.22. The van der Waals surface area contributed by atoms with Gasteiger partial charge in [0.25, 0.3) is 0 Å². The maximum absolute atomic E-state index is 8.53. The third kappa shape index (κ3) is 2.17. The fourth-order valence-electron chi connectivity index (χ4n) is 0.886. The molecule has 1 atom stereocenters. The van der Waals surface area contributed by atoms with Crippen molar-refractivity contribution in [2.24, 2.45) is 10.9 Å². The molecule has 1 saturated heterocycles. The molecule has 1 heterocycles. The van der Waals surface area contributed by atoms with Crippen LogP contribution in [0.4, 0.5) is 0 Å². The van der Waals surface area contributed by atoms with Crippen molar-refractivity contribution in [1.29, 1.82) is 0 Å². The Balaban J connectivity index is 2.65. The van der Waals surface area contributed by atoms with Gasteiger partial charge in [0.05, 0.1) is 19.3 Å². The summed E-state index contributed by atoms with van der Waals surface area (Å²) in [5.74, 6) is -0.649. The van der Waals surface area contributed by atoms with E-state index in [1.54, 1.807) is 13.8 Å². The molecule has 5 nitrogen and oxygen atoms in total. The van der Waals surface area contributed by atoms with Crippen molar-refractivity contribution in [1.82, 2.24) is 0 Å². The second-order valence-electron chi connectivity index (χ2n) is 3.20. The summed E-state index contributed by atoms with van der Waals surface area (Å²) in [7, 11) is 0. The Kier molecular flexibility index (Phi) is 2.66. The number of rotatable bonds is 0. The topological polar surface area (TPSA) is 77.1 Å². The van der Waals surface area contributed by atoms with Crippen LogP contribution in [0.5, 0.6) is 0 Å². The van der Waals surface area contributed by atoms with E-state index in [1.165, 1.54) is 0 Å². The van der Waals surface area contributed by atoms with Gasteiger partial charge in [-0.25, -0.2) is 0 Å². The summed E-state index contributed by atoms with van der Waals surface area (Å²) < 4.78 is 10.6. The van der Waals surface area contributed by atoms with Crippen LogP contribution >= 0.6 is 0 Å². The summed E-state index contributed by atoms with van der Waals surface area (Å²) in [6.45, 7) is 4.11. The van der Waals surface area contributed by atoms with E-state index in [-0.39, 0.29) is 12.6 Å². The van der Waals surface area contributed by atoms with Crippen LogP contribution in [-0.2, 0) is 9.47 Å². The van der Waals surface area contributed by atoms with Gasteiger partial charge in [-0.3, -0.25) is 0 Å². The highest BCUT2D eigenvalue weighted by Crippen LogP contribution is 2.14. The molecular weight excluding hydrogens is 160 g/mol. The summed E-state index contributed by atoms with van der Waals surface area (Å²) in [5.41, 5.74) is 6.03. The maximum atomic E-state index is 8.53. The van der Waals surface area contributed by atoms with Crippen molar-refractivity contribution in [2.45, 2.75) is 25.7 Å². The predicted molar refractivity (Wildman–Crippen MR) is 43.2 cm³/mol. The molecule has 0 amide bonds. The Bertz CT molecular complexity index is 191. The van der Waals surface area contributed by atoms with Gasteiger partial charge in [0, 0.05) is 0 Å². The lowest BCUT2D eigenvalue weighted by atomic mass is 10.2. The van der Waals surface area contributed by atoms with Crippen molar-refractivity contribution in [3.05, 3.63) is 0 Å². The first-order chi connectivity index (χ1) is 5.55. The summed E-state index contributed by atoms with van der Waals surface area (Å²) >= 11 is 0. The summed E-state index contributed by atoms with van der Waals surface area (Å²) in [6, 6.07) is -0.378. The van der Waals surface area contributed by atoms with Gasteiger partial charge in [0.15, 0.2) is 5.79 Å². The molecule has 0 radical (unpaired) electrons. The zero-order chi connectivity index (χ0) is 9.19. The lowest BCUT2D eigenvalue weighted by molar-refractivity contribution is -0.197. The highest BCUT2D eigenvalue weighted by Gasteiger charge is 2.27. The number of nitrogens with zero attached hydrogens (tertiary/aromatic N) is 1. The number of nitrogens with two attached hydrogens (primary N) is 1. The number of oxime groups is 1. The SMILES string of the molecule is CC1(C)OC/C(=N\O)C(N)CO1. The fraction of sp³-hybridized carbons (Fsp3) is 0.857. The normalized spacial score (nSPS) is 33.2. The minimum absolute atomic E-state index is 0.213. The Hall–Kier alpha value is -0.650. The standard InChI is InChI=1S/C7H14N2O3/c1-7(2)11-3-5(8)6(9-10)4-12-7/h5,10H,3-4,8H2,1-2H3/b9-6+. The quantitative estimate of drug-likeness (QED) is 0.398. The summed E-state index contributed by atoms with van der Waals surface area (Å²) in [4.78, 5) is 0. The Labute approximate surface area is 71.1 Å². The zero-order valence-electron chi connectivity index (χ0n) is 7.28. The monoisotopic (exact) mass is 174 g/mol. The molecule has 1 aliphatic rings. The first-order valence-corrected chi connectivity index (χ1v) is 3.79. The molecule has 1 rings (SSSR count). The van der Waals surface area contributed by atoms with Crippen molar-refractivity contribution in [3.8, 4) is 0 Å². The molecule has 0 aromatic rings. The van der Waals surface area contributed by atoms with Gasteiger partial charge in [-0.2, -0.15) is 0 Å². The van der Waals surface area contributed by atoms with E-state index in [0.29, 0.717) is 12.3 Å². The number of hydrogen-bond donors (Lipinski definition) is 2. The number of hydrogen-bond acceptors (Lipinski definition) is 5. The van der Waals surface area contributed by atoms with Crippen LogP contribution in [0.15, 0.2) is 5.16 Å². The van der Waals surface area contributed by atoms with Crippen molar-refractivity contribution in [2.75, 3.05) is 13.2 Å². The van der Waals surface area contributed by atoms with E-state index >= 15 is 0 Å². The molecule has 0 saturated carbocycles. The summed E-state index contributed by atoms with van der Waals surface area (Å²) in [5, 5.41) is 11.6. The van der Waals surface area contributed by atoms with Crippen molar-refractivity contribution in [3.63, 3.8) is 0 Å². The molecule has 1 fully saturated rings. The number of ether oxygens (including phenoxy) is 2. The second kappa shape index (κ2) is 3.38. The Morgan fingerprint density at radius 2 is 2.25 bits per heavy atom. The highest BCUT2D eigenvalue weighted by molar-refractivity contribution is 5.90. The first kappa shape index (κ1) is 9.44. The third-order valence-electron chi connectivity index (χ3n) is 1.73. The largest absolute Gasteiger partial charge is 0.411 e. The van der Waals surface area contributed by atoms with Crippen LogP contribution in [-0.4, -0.2) is 36.0 Å². The van der Waals surface area contributed by atoms with Gasteiger partial charge >= 0.3 is 0 Å². The molecule has 0 aromatic carbocycles. The van der Waals surface area contributed by atoms with Crippen molar-refractivity contribution < 1.29 is 14.7 Å². The van der Waals surface area contributed by atoms with Gasteiger partial charge in [0.2, 0.25) is 0 Å².